The molecule has 0 aliphatic heterocycles. The van der Waals surface area contributed by atoms with Crippen molar-refractivity contribution >= 4 is 52.6 Å². The summed E-state index contributed by atoms with van der Waals surface area (Å²) in [5, 5.41) is 19.0. The van der Waals surface area contributed by atoms with E-state index >= 15 is 0 Å². The van der Waals surface area contributed by atoms with Crippen molar-refractivity contribution in [3.8, 4) is 5.75 Å². The molecule has 0 bridgehead atoms. The minimum absolute atomic E-state index is 0.0366. The van der Waals surface area contributed by atoms with E-state index in [1.807, 2.05) is 0 Å². The van der Waals surface area contributed by atoms with Crippen molar-refractivity contribution in [1.82, 2.24) is 5.32 Å². The zero-order valence-electron chi connectivity index (χ0n) is 22.4. The van der Waals surface area contributed by atoms with Gasteiger partial charge < -0.3 is 20.7 Å². The minimum atomic E-state index is -0.534. The maximum atomic E-state index is 13.3. The summed E-state index contributed by atoms with van der Waals surface area (Å²) in [6.45, 7) is 0. The number of rotatable bonds is 11. The number of anilines is 2. The van der Waals surface area contributed by atoms with Gasteiger partial charge in [-0.3, -0.25) is 24.5 Å². The van der Waals surface area contributed by atoms with Gasteiger partial charge in [0.25, 0.3) is 17.5 Å². The van der Waals surface area contributed by atoms with Gasteiger partial charge in [-0.25, -0.2) is 0 Å². The molecule has 4 aromatic carbocycles. The zero-order valence-corrected chi connectivity index (χ0v) is 23.2. The normalized spacial score (nSPS) is 10.8. The number of nitrogens with zero attached hydrogens (tertiary/aromatic N) is 1. The van der Waals surface area contributed by atoms with Crippen LogP contribution in [0.2, 0.25) is 0 Å². The minimum Gasteiger partial charge on any atom is -0.497 e. The van der Waals surface area contributed by atoms with Crippen LogP contribution in [0.5, 0.6) is 5.75 Å². The van der Waals surface area contributed by atoms with Crippen LogP contribution in [-0.2, 0) is 9.59 Å². The molecular formula is C31H26N4O6S. The summed E-state index contributed by atoms with van der Waals surface area (Å²) in [7, 11) is 1.56. The number of amides is 3. The number of nitrogens with one attached hydrogen (secondary N) is 3. The quantitative estimate of drug-likeness (QED) is 0.0886. The Kier molecular flexibility index (Phi) is 10.1. The molecule has 0 unspecified atom stereocenters. The lowest BCUT2D eigenvalue weighted by Crippen LogP contribution is -2.30. The monoisotopic (exact) mass is 582 g/mol. The van der Waals surface area contributed by atoms with E-state index in [1.54, 1.807) is 92.0 Å². The predicted octanol–water partition coefficient (Wildman–Crippen LogP) is 5.74. The van der Waals surface area contributed by atoms with Crippen LogP contribution in [0, 0.1) is 10.1 Å². The molecule has 3 N–H and O–H groups in total. The van der Waals surface area contributed by atoms with Crippen LogP contribution in [0.1, 0.15) is 15.9 Å². The Bertz CT molecular complexity index is 1610. The van der Waals surface area contributed by atoms with E-state index in [-0.39, 0.29) is 23.0 Å². The SMILES string of the molecule is COc1ccc(/C=C(/NC(=O)c2ccccc2)C(=O)Nc2cccc(SCC(=O)Nc3ccc([N+](=O)[O-])cc3)c2)cc1. The first kappa shape index (κ1) is 29.6. The van der Waals surface area contributed by atoms with Crippen molar-refractivity contribution in [2.75, 3.05) is 23.5 Å². The van der Waals surface area contributed by atoms with E-state index in [4.69, 9.17) is 4.74 Å². The molecule has 4 aromatic rings. The molecule has 3 amide bonds. The van der Waals surface area contributed by atoms with Crippen LogP contribution in [0.4, 0.5) is 17.1 Å². The van der Waals surface area contributed by atoms with Gasteiger partial charge in [0.2, 0.25) is 5.91 Å². The van der Waals surface area contributed by atoms with Gasteiger partial charge in [0, 0.05) is 34.0 Å². The van der Waals surface area contributed by atoms with Crippen molar-refractivity contribution in [3.63, 3.8) is 0 Å². The molecule has 0 aromatic heterocycles. The molecule has 10 nitrogen and oxygen atoms in total. The van der Waals surface area contributed by atoms with E-state index in [0.717, 1.165) is 4.90 Å². The Morgan fingerprint density at radius 3 is 2.24 bits per heavy atom. The number of thioether (sulfide) groups is 1. The molecule has 42 heavy (non-hydrogen) atoms. The van der Waals surface area contributed by atoms with E-state index in [1.165, 1.54) is 36.0 Å². The van der Waals surface area contributed by atoms with Crippen molar-refractivity contribution in [1.29, 1.82) is 0 Å². The highest BCUT2D eigenvalue weighted by Crippen LogP contribution is 2.23. The summed E-state index contributed by atoms with van der Waals surface area (Å²) < 4.78 is 5.19. The van der Waals surface area contributed by atoms with Crippen molar-refractivity contribution in [2.45, 2.75) is 4.90 Å². The van der Waals surface area contributed by atoms with Gasteiger partial charge in [0.15, 0.2) is 0 Å². The summed E-state index contributed by atoms with van der Waals surface area (Å²) in [5.74, 6) is -0.537. The summed E-state index contributed by atoms with van der Waals surface area (Å²) >= 11 is 1.25. The first-order valence-corrected chi connectivity index (χ1v) is 13.6. The van der Waals surface area contributed by atoms with E-state index in [2.05, 4.69) is 16.0 Å². The second-order valence-corrected chi connectivity index (χ2v) is 9.82. The lowest BCUT2D eigenvalue weighted by molar-refractivity contribution is -0.384. The Balaban J connectivity index is 1.43. The van der Waals surface area contributed by atoms with Crippen LogP contribution in [0.3, 0.4) is 0 Å². The van der Waals surface area contributed by atoms with Gasteiger partial charge in [-0.2, -0.15) is 0 Å². The van der Waals surface area contributed by atoms with Crippen LogP contribution >= 0.6 is 11.8 Å². The van der Waals surface area contributed by atoms with Gasteiger partial charge in [-0.1, -0.05) is 36.4 Å². The molecule has 0 saturated carbocycles. The van der Waals surface area contributed by atoms with Gasteiger partial charge in [0.1, 0.15) is 11.4 Å². The zero-order chi connectivity index (χ0) is 29.9. The molecule has 0 spiro atoms. The first-order chi connectivity index (χ1) is 20.3. The number of ether oxygens (including phenoxy) is 1. The Hall–Kier alpha value is -5.42. The predicted molar refractivity (Wildman–Crippen MR) is 162 cm³/mol. The third kappa shape index (κ3) is 8.54. The number of nitro benzene ring substituents is 1. The largest absolute Gasteiger partial charge is 0.497 e. The highest BCUT2D eigenvalue weighted by atomic mass is 32.2. The number of carbonyl (C=O) groups excluding carboxylic acids is 3. The standard InChI is InChI=1S/C31H26N4O6S/c1-41-26-16-10-21(11-17-26)18-28(34-30(37)22-6-3-2-4-7-22)31(38)33-24-8-5-9-27(19-24)42-20-29(36)32-23-12-14-25(15-13-23)35(39)40/h2-19H,20H2,1H3,(H,32,36)(H,33,38)(H,34,37)/b28-18+. The molecule has 0 atom stereocenters. The van der Waals surface area contributed by atoms with Crippen molar-refractivity contribution < 1.29 is 24.0 Å². The molecule has 0 aliphatic carbocycles. The molecule has 4 rings (SSSR count). The molecule has 0 radical (unpaired) electrons. The number of carbonyl (C=O) groups is 3. The number of methoxy groups -OCH3 is 1. The topological polar surface area (TPSA) is 140 Å². The number of benzene rings is 4. The van der Waals surface area contributed by atoms with Crippen molar-refractivity contribution in [2.24, 2.45) is 0 Å². The second kappa shape index (κ2) is 14.3. The second-order valence-electron chi connectivity index (χ2n) is 8.77. The third-order valence-corrected chi connectivity index (χ3v) is 6.77. The third-order valence-electron chi connectivity index (χ3n) is 5.78. The number of hydrogen-bond donors (Lipinski definition) is 3. The molecule has 0 saturated heterocycles. The highest BCUT2D eigenvalue weighted by molar-refractivity contribution is 8.00. The van der Waals surface area contributed by atoms with Crippen LogP contribution in [0.15, 0.2) is 114 Å². The number of nitro groups is 1. The molecule has 0 fully saturated rings. The molecular weight excluding hydrogens is 556 g/mol. The molecule has 11 heteroatoms. The van der Waals surface area contributed by atoms with Gasteiger partial charge in [-0.15, -0.1) is 11.8 Å². The van der Waals surface area contributed by atoms with E-state index in [9.17, 15) is 24.5 Å². The van der Waals surface area contributed by atoms with Gasteiger partial charge in [-0.05, 0) is 66.2 Å². The van der Waals surface area contributed by atoms with Gasteiger partial charge >= 0.3 is 0 Å². The number of non-ortho nitro benzene ring substituents is 1. The van der Waals surface area contributed by atoms with Crippen molar-refractivity contribution in [3.05, 3.63) is 130 Å². The Morgan fingerprint density at radius 1 is 0.857 bits per heavy atom. The fourth-order valence-corrected chi connectivity index (χ4v) is 4.44. The average molecular weight is 583 g/mol. The maximum absolute atomic E-state index is 13.3. The first-order valence-electron chi connectivity index (χ1n) is 12.6. The average Bonchev–Trinajstić information content (AvgIpc) is 3.01. The molecule has 212 valence electrons. The molecule has 0 heterocycles. The van der Waals surface area contributed by atoms with E-state index < -0.39 is 16.7 Å². The Morgan fingerprint density at radius 2 is 1.57 bits per heavy atom. The summed E-state index contributed by atoms with van der Waals surface area (Å²) in [4.78, 5) is 49.6. The fraction of sp³-hybridized carbons (Fsp3) is 0.0645. The fourth-order valence-electron chi connectivity index (χ4n) is 3.68. The smallest absolute Gasteiger partial charge is 0.272 e. The van der Waals surface area contributed by atoms with Crippen LogP contribution < -0.4 is 20.7 Å². The lowest BCUT2D eigenvalue weighted by Gasteiger charge is -2.12. The van der Waals surface area contributed by atoms with Crippen LogP contribution in [-0.4, -0.2) is 35.5 Å². The highest BCUT2D eigenvalue weighted by Gasteiger charge is 2.16. The number of hydrogen-bond acceptors (Lipinski definition) is 7. The summed E-state index contributed by atoms with van der Waals surface area (Å²) in [6, 6.07) is 28.1. The lowest BCUT2D eigenvalue weighted by atomic mass is 10.1. The molecule has 0 aliphatic rings. The van der Waals surface area contributed by atoms with Crippen LogP contribution in [0.25, 0.3) is 6.08 Å². The van der Waals surface area contributed by atoms with E-state index in [0.29, 0.717) is 28.3 Å². The maximum Gasteiger partial charge on any atom is 0.272 e. The van der Waals surface area contributed by atoms with Gasteiger partial charge in [0.05, 0.1) is 17.8 Å². The summed E-state index contributed by atoms with van der Waals surface area (Å²) in [5.41, 5.74) is 1.96. The summed E-state index contributed by atoms with van der Waals surface area (Å²) in [6.07, 6.45) is 1.57. The Labute approximate surface area is 245 Å².